The van der Waals surface area contributed by atoms with Crippen LogP contribution in [0.5, 0.6) is 5.75 Å². The molecular weight excluding hydrogens is 250 g/mol. The Bertz CT molecular complexity index is 576. The van der Waals surface area contributed by atoms with Crippen molar-refractivity contribution in [2.75, 3.05) is 13.7 Å². The minimum absolute atomic E-state index is 0.0418. The highest BCUT2D eigenvalue weighted by molar-refractivity contribution is 5.94. The highest BCUT2D eigenvalue weighted by atomic mass is 16.5. The number of benzene rings is 2. The Labute approximate surface area is 119 Å². The van der Waals surface area contributed by atoms with E-state index in [1.54, 1.807) is 7.11 Å². The molecule has 2 rings (SSSR count). The summed E-state index contributed by atoms with van der Waals surface area (Å²) >= 11 is 0. The summed E-state index contributed by atoms with van der Waals surface area (Å²) in [4.78, 5) is 12.0. The SMILES string of the molecule is COc1ccccc1CCNC(=O)c1ccc(C)cc1. The first kappa shape index (κ1) is 14.1. The topological polar surface area (TPSA) is 38.3 Å². The lowest BCUT2D eigenvalue weighted by atomic mass is 10.1. The molecular formula is C17H19NO2. The van der Waals surface area contributed by atoms with Crippen molar-refractivity contribution in [3.8, 4) is 5.75 Å². The van der Waals surface area contributed by atoms with Gasteiger partial charge >= 0.3 is 0 Å². The van der Waals surface area contributed by atoms with Gasteiger partial charge in [0.2, 0.25) is 0 Å². The quantitative estimate of drug-likeness (QED) is 0.906. The zero-order valence-corrected chi connectivity index (χ0v) is 11.8. The Kier molecular flexibility index (Phi) is 4.77. The number of methoxy groups -OCH3 is 1. The maximum absolute atomic E-state index is 12.0. The van der Waals surface area contributed by atoms with E-state index < -0.39 is 0 Å². The van der Waals surface area contributed by atoms with Crippen molar-refractivity contribution in [3.63, 3.8) is 0 Å². The molecule has 0 atom stereocenters. The molecule has 0 radical (unpaired) electrons. The highest BCUT2D eigenvalue weighted by Gasteiger charge is 2.05. The maximum Gasteiger partial charge on any atom is 0.251 e. The third kappa shape index (κ3) is 3.60. The molecule has 0 heterocycles. The molecule has 2 aromatic rings. The molecule has 0 fully saturated rings. The molecule has 3 heteroatoms. The molecule has 0 saturated heterocycles. The normalized spacial score (nSPS) is 10.1. The van der Waals surface area contributed by atoms with Gasteiger partial charge < -0.3 is 10.1 Å². The minimum Gasteiger partial charge on any atom is -0.496 e. The van der Waals surface area contributed by atoms with Crippen LogP contribution in [-0.2, 0) is 6.42 Å². The predicted molar refractivity (Wildman–Crippen MR) is 80.2 cm³/mol. The van der Waals surface area contributed by atoms with E-state index in [1.165, 1.54) is 0 Å². The number of ether oxygens (including phenoxy) is 1. The highest BCUT2D eigenvalue weighted by Crippen LogP contribution is 2.17. The molecule has 0 aliphatic rings. The van der Waals surface area contributed by atoms with E-state index in [-0.39, 0.29) is 5.91 Å². The number of amides is 1. The number of nitrogens with one attached hydrogen (secondary N) is 1. The number of para-hydroxylation sites is 1. The Morgan fingerprint density at radius 1 is 1.10 bits per heavy atom. The summed E-state index contributed by atoms with van der Waals surface area (Å²) in [6, 6.07) is 15.4. The first-order chi connectivity index (χ1) is 9.70. The second kappa shape index (κ2) is 6.75. The molecule has 1 N–H and O–H groups in total. The summed E-state index contributed by atoms with van der Waals surface area (Å²) in [6.07, 6.45) is 0.752. The summed E-state index contributed by atoms with van der Waals surface area (Å²) in [5.41, 5.74) is 2.94. The Hall–Kier alpha value is -2.29. The fourth-order valence-corrected chi connectivity index (χ4v) is 2.03. The number of carbonyl (C=O) groups excluding carboxylic acids is 1. The standard InChI is InChI=1S/C17H19NO2/c1-13-7-9-15(10-8-13)17(19)18-12-11-14-5-3-4-6-16(14)20-2/h3-10H,11-12H2,1-2H3,(H,18,19). The van der Waals surface area contributed by atoms with Gasteiger partial charge in [0.1, 0.15) is 5.75 Å². The van der Waals surface area contributed by atoms with Gasteiger partial charge in [0, 0.05) is 12.1 Å². The van der Waals surface area contributed by atoms with E-state index in [9.17, 15) is 4.79 Å². The average molecular weight is 269 g/mol. The van der Waals surface area contributed by atoms with Crippen molar-refractivity contribution in [1.82, 2.24) is 5.32 Å². The Morgan fingerprint density at radius 3 is 2.50 bits per heavy atom. The van der Waals surface area contributed by atoms with Crippen molar-refractivity contribution in [2.24, 2.45) is 0 Å². The molecule has 1 amide bonds. The predicted octanol–water partition coefficient (Wildman–Crippen LogP) is 2.98. The van der Waals surface area contributed by atoms with E-state index >= 15 is 0 Å². The number of rotatable bonds is 5. The molecule has 0 unspecified atom stereocenters. The molecule has 0 aromatic heterocycles. The number of hydrogen-bond acceptors (Lipinski definition) is 2. The smallest absolute Gasteiger partial charge is 0.251 e. The molecule has 2 aromatic carbocycles. The second-order valence-corrected chi connectivity index (χ2v) is 4.68. The van der Waals surface area contributed by atoms with Crippen LogP contribution in [0.2, 0.25) is 0 Å². The van der Waals surface area contributed by atoms with Gasteiger partial charge in [-0.3, -0.25) is 4.79 Å². The molecule has 0 saturated carbocycles. The van der Waals surface area contributed by atoms with Crippen molar-refractivity contribution in [3.05, 3.63) is 65.2 Å². The maximum atomic E-state index is 12.0. The van der Waals surface area contributed by atoms with E-state index in [0.29, 0.717) is 12.1 Å². The molecule has 0 bridgehead atoms. The lowest BCUT2D eigenvalue weighted by Gasteiger charge is -2.09. The van der Waals surface area contributed by atoms with Crippen LogP contribution < -0.4 is 10.1 Å². The summed E-state index contributed by atoms with van der Waals surface area (Å²) in [5.74, 6) is 0.817. The van der Waals surface area contributed by atoms with Crippen molar-refractivity contribution in [2.45, 2.75) is 13.3 Å². The Morgan fingerprint density at radius 2 is 1.80 bits per heavy atom. The number of hydrogen-bond donors (Lipinski definition) is 1. The van der Waals surface area contributed by atoms with E-state index in [2.05, 4.69) is 5.32 Å². The summed E-state index contributed by atoms with van der Waals surface area (Å²) in [5, 5.41) is 2.92. The minimum atomic E-state index is -0.0418. The van der Waals surface area contributed by atoms with Crippen molar-refractivity contribution < 1.29 is 9.53 Å². The zero-order chi connectivity index (χ0) is 14.4. The van der Waals surface area contributed by atoms with Gasteiger partial charge in [-0.2, -0.15) is 0 Å². The van der Waals surface area contributed by atoms with Crippen molar-refractivity contribution >= 4 is 5.91 Å². The lowest BCUT2D eigenvalue weighted by molar-refractivity contribution is 0.0954. The lowest BCUT2D eigenvalue weighted by Crippen LogP contribution is -2.25. The van der Waals surface area contributed by atoms with E-state index in [1.807, 2.05) is 55.5 Å². The summed E-state index contributed by atoms with van der Waals surface area (Å²) in [7, 11) is 1.66. The molecule has 0 spiro atoms. The first-order valence-electron chi connectivity index (χ1n) is 6.67. The van der Waals surface area contributed by atoms with Crippen LogP contribution in [0.25, 0.3) is 0 Å². The summed E-state index contributed by atoms with van der Waals surface area (Å²) < 4.78 is 5.29. The van der Waals surface area contributed by atoms with Gasteiger partial charge in [-0.15, -0.1) is 0 Å². The largest absolute Gasteiger partial charge is 0.496 e. The summed E-state index contributed by atoms with van der Waals surface area (Å²) in [6.45, 7) is 2.59. The third-order valence-corrected chi connectivity index (χ3v) is 3.19. The number of carbonyl (C=O) groups is 1. The fourth-order valence-electron chi connectivity index (χ4n) is 2.03. The van der Waals surface area contributed by atoms with Gasteiger partial charge in [-0.25, -0.2) is 0 Å². The first-order valence-corrected chi connectivity index (χ1v) is 6.67. The van der Waals surface area contributed by atoms with Crippen LogP contribution in [0, 0.1) is 6.92 Å². The van der Waals surface area contributed by atoms with Gasteiger partial charge in [0.05, 0.1) is 7.11 Å². The van der Waals surface area contributed by atoms with Gasteiger partial charge in [0.15, 0.2) is 0 Å². The second-order valence-electron chi connectivity index (χ2n) is 4.68. The van der Waals surface area contributed by atoms with Crippen LogP contribution in [-0.4, -0.2) is 19.6 Å². The van der Waals surface area contributed by atoms with Crippen LogP contribution in [0.4, 0.5) is 0 Å². The third-order valence-electron chi connectivity index (χ3n) is 3.19. The molecule has 104 valence electrons. The number of aryl methyl sites for hydroxylation is 1. The van der Waals surface area contributed by atoms with Crippen LogP contribution in [0.15, 0.2) is 48.5 Å². The molecule has 0 aliphatic heterocycles. The van der Waals surface area contributed by atoms with Gasteiger partial charge in [0.25, 0.3) is 5.91 Å². The fraction of sp³-hybridized carbons (Fsp3) is 0.235. The zero-order valence-electron chi connectivity index (χ0n) is 11.8. The van der Waals surface area contributed by atoms with Gasteiger partial charge in [-0.05, 0) is 37.1 Å². The average Bonchev–Trinajstić information content (AvgIpc) is 2.48. The van der Waals surface area contributed by atoms with Crippen LogP contribution in [0.1, 0.15) is 21.5 Å². The van der Waals surface area contributed by atoms with Crippen LogP contribution >= 0.6 is 0 Å². The van der Waals surface area contributed by atoms with Gasteiger partial charge in [-0.1, -0.05) is 35.9 Å². The van der Waals surface area contributed by atoms with E-state index in [4.69, 9.17) is 4.74 Å². The monoisotopic (exact) mass is 269 g/mol. The molecule has 20 heavy (non-hydrogen) atoms. The molecule has 3 nitrogen and oxygen atoms in total. The van der Waals surface area contributed by atoms with Crippen molar-refractivity contribution in [1.29, 1.82) is 0 Å². The van der Waals surface area contributed by atoms with Crippen LogP contribution in [0.3, 0.4) is 0 Å². The molecule has 0 aliphatic carbocycles. The Balaban J connectivity index is 1.89. The van der Waals surface area contributed by atoms with E-state index in [0.717, 1.165) is 23.3 Å².